The molecule has 0 spiro atoms. The average Bonchev–Trinajstić information content (AvgIpc) is 3.72. The molecule has 4 rings (SSSR count). The highest BCUT2D eigenvalue weighted by Gasteiger charge is 2.17. The summed E-state index contributed by atoms with van der Waals surface area (Å²) in [5, 5.41) is 8.84. The minimum Gasteiger partial charge on any atom is -0.497 e. The molecule has 1 saturated carbocycles. The van der Waals surface area contributed by atoms with Crippen molar-refractivity contribution >= 4 is 11.8 Å². The molecule has 180 valence electrons. The molecule has 0 amide bonds. The maximum atomic E-state index is 14.5. The predicted octanol–water partition coefficient (Wildman–Crippen LogP) is 5.12. The Labute approximate surface area is 199 Å². The van der Waals surface area contributed by atoms with Gasteiger partial charge in [-0.2, -0.15) is 0 Å². The number of aryl methyl sites for hydroxylation is 1. The number of carboxylic acid groups (broad SMARTS) is 1. The van der Waals surface area contributed by atoms with E-state index in [4.69, 9.17) is 14.6 Å². The number of carbonyl (C=O) groups is 1. The summed E-state index contributed by atoms with van der Waals surface area (Å²) in [6.45, 7) is 0.164. The number of aromatic nitrogens is 2. The number of carboxylic acids is 1. The third-order valence-electron chi connectivity index (χ3n) is 4.92. The summed E-state index contributed by atoms with van der Waals surface area (Å²) < 4.78 is 25.5. The van der Waals surface area contributed by atoms with Crippen molar-refractivity contribution in [3.63, 3.8) is 0 Å². The maximum Gasteiger partial charge on any atom is 0.303 e. The molecule has 0 aliphatic heterocycles. The van der Waals surface area contributed by atoms with Crippen molar-refractivity contribution < 1.29 is 23.8 Å². The van der Waals surface area contributed by atoms with Crippen LogP contribution in [-0.2, 0) is 17.8 Å². The van der Waals surface area contributed by atoms with E-state index in [-0.39, 0.29) is 13.0 Å². The van der Waals surface area contributed by atoms with E-state index in [2.05, 4.69) is 9.97 Å². The van der Waals surface area contributed by atoms with Crippen molar-refractivity contribution in [2.75, 3.05) is 26.1 Å². The van der Waals surface area contributed by atoms with E-state index in [1.807, 2.05) is 32.3 Å². The van der Waals surface area contributed by atoms with Gasteiger partial charge in [-0.15, -0.1) is 0 Å². The number of hydrogen-bond donors (Lipinski definition) is 1. The standard InChI is InChI=1S/C23H24FN3O4.C3H6/c1-27(2)23-22(19-12-17(30-3)8-9-20(19)24)25-13-16(26-23)14-31-18-6-4-5-15(11-18)7-10-21(28)29;1-2-3-1/h4-6,8-9,11-13H,7,10,14H2,1-3H3,(H,28,29);1-3H2. The van der Waals surface area contributed by atoms with Gasteiger partial charge in [0.25, 0.3) is 0 Å². The summed E-state index contributed by atoms with van der Waals surface area (Å²) in [5.41, 5.74) is 2.16. The number of hydrogen-bond acceptors (Lipinski definition) is 6. The van der Waals surface area contributed by atoms with E-state index in [9.17, 15) is 9.18 Å². The molecule has 1 heterocycles. The van der Waals surface area contributed by atoms with Crippen LogP contribution >= 0.6 is 0 Å². The molecule has 1 aliphatic carbocycles. The van der Waals surface area contributed by atoms with Crippen LogP contribution < -0.4 is 14.4 Å². The molecular formula is C26H30FN3O4. The first-order valence-corrected chi connectivity index (χ1v) is 11.2. The van der Waals surface area contributed by atoms with E-state index in [1.54, 1.807) is 29.3 Å². The SMILES string of the molecule is C1CC1.COc1ccc(F)c(-c2ncc(COc3cccc(CCC(=O)O)c3)nc2N(C)C)c1. The predicted molar refractivity (Wildman–Crippen MR) is 129 cm³/mol. The van der Waals surface area contributed by atoms with Crippen LogP contribution in [0.25, 0.3) is 11.3 Å². The smallest absolute Gasteiger partial charge is 0.303 e. The molecule has 0 bridgehead atoms. The zero-order valence-electron chi connectivity index (χ0n) is 19.8. The van der Waals surface area contributed by atoms with Gasteiger partial charge in [-0.25, -0.2) is 9.37 Å². The van der Waals surface area contributed by atoms with Crippen LogP contribution in [-0.4, -0.2) is 42.2 Å². The Morgan fingerprint density at radius 3 is 2.53 bits per heavy atom. The molecule has 8 heteroatoms. The Bertz CT molecular complexity index is 1120. The third kappa shape index (κ3) is 7.43. The fourth-order valence-electron chi connectivity index (χ4n) is 3.00. The molecule has 34 heavy (non-hydrogen) atoms. The number of ether oxygens (including phenoxy) is 2. The molecule has 1 N–H and O–H groups in total. The van der Waals surface area contributed by atoms with E-state index in [0.717, 1.165) is 5.56 Å². The van der Waals surface area contributed by atoms with Crippen molar-refractivity contribution in [1.29, 1.82) is 0 Å². The van der Waals surface area contributed by atoms with Gasteiger partial charge in [0.05, 0.1) is 19.0 Å². The van der Waals surface area contributed by atoms with Gasteiger partial charge in [-0.05, 0) is 42.3 Å². The Morgan fingerprint density at radius 1 is 1.12 bits per heavy atom. The topological polar surface area (TPSA) is 84.8 Å². The summed E-state index contributed by atoms with van der Waals surface area (Å²) >= 11 is 0. The van der Waals surface area contributed by atoms with Crippen molar-refractivity contribution in [2.24, 2.45) is 0 Å². The highest BCUT2D eigenvalue weighted by atomic mass is 19.1. The summed E-state index contributed by atoms with van der Waals surface area (Å²) in [4.78, 5) is 21.6. The molecule has 1 aliphatic rings. The van der Waals surface area contributed by atoms with Gasteiger partial charge in [-0.1, -0.05) is 31.4 Å². The van der Waals surface area contributed by atoms with E-state index < -0.39 is 11.8 Å². The molecule has 0 saturated heterocycles. The molecular weight excluding hydrogens is 437 g/mol. The summed E-state index contributed by atoms with van der Waals surface area (Å²) in [6, 6.07) is 11.8. The molecule has 3 aromatic rings. The largest absolute Gasteiger partial charge is 0.497 e. The first-order chi connectivity index (χ1) is 16.4. The Balaban J connectivity index is 0.000000999. The number of anilines is 1. The normalized spacial score (nSPS) is 11.8. The van der Waals surface area contributed by atoms with Gasteiger partial charge in [-0.3, -0.25) is 9.78 Å². The van der Waals surface area contributed by atoms with E-state index in [1.165, 1.54) is 32.4 Å². The van der Waals surface area contributed by atoms with Crippen LogP contribution in [0.3, 0.4) is 0 Å². The lowest BCUT2D eigenvalue weighted by molar-refractivity contribution is -0.136. The number of nitrogens with zero attached hydrogens (tertiary/aromatic N) is 3. The Kier molecular flexibility index (Phi) is 8.79. The van der Waals surface area contributed by atoms with Gasteiger partial charge in [0.15, 0.2) is 5.82 Å². The third-order valence-corrected chi connectivity index (χ3v) is 4.92. The summed E-state index contributed by atoms with van der Waals surface area (Å²) in [7, 11) is 5.14. The lowest BCUT2D eigenvalue weighted by Crippen LogP contribution is -2.15. The molecule has 0 radical (unpaired) electrons. The number of aliphatic carboxylic acids is 1. The first-order valence-electron chi connectivity index (χ1n) is 11.2. The lowest BCUT2D eigenvalue weighted by atomic mass is 10.1. The average molecular weight is 468 g/mol. The van der Waals surface area contributed by atoms with Crippen LogP contribution in [0.2, 0.25) is 0 Å². The molecule has 7 nitrogen and oxygen atoms in total. The fourth-order valence-corrected chi connectivity index (χ4v) is 3.00. The van der Waals surface area contributed by atoms with Crippen molar-refractivity contribution in [1.82, 2.24) is 9.97 Å². The maximum absolute atomic E-state index is 14.5. The number of halogens is 1. The minimum absolute atomic E-state index is 0.0589. The quantitative estimate of drug-likeness (QED) is 0.467. The Morgan fingerprint density at radius 2 is 1.88 bits per heavy atom. The van der Waals surface area contributed by atoms with Crippen LogP contribution in [0.4, 0.5) is 10.2 Å². The van der Waals surface area contributed by atoms with Crippen LogP contribution in [0.1, 0.15) is 36.9 Å². The lowest BCUT2D eigenvalue weighted by Gasteiger charge is -2.17. The van der Waals surface area contributed by atoms with E-state index in [0.29, 0.717) is 40.7 Å². The second-order valence-corrected chi connectivity index (χ2v) is 8.16. The first kappa shape index (κ1) is 25.0. The fraction of sp³-hybridized carbons (Fsp3) is 0.346. The number of benzene rings is 2. The number of methoxy groups -OCH3 is 1. The van der Waals surface area contributed by atoms with E-state index >= 15 is 0 Å². The zero-order chi connectivity index (χ0) is 24.5. The number of rotatable bonds is 9. The van der Waals surface area contributed by atoms with Gasteiger partial charge in [0.1, 0.15) is 29.6 Å². The summed E-state index contributed by atoms with van der Waals surface area (Å²) in [5.74, 6) is 0.381. The molecule has 0 atom stereocenters. The van der Waals surface area contributed by atoms with Gasteiger partial charge < -0.3 is 19.5 Å². The molecule has 1 aromatic heterocycles. The van der Waals surface area contributed by atoms with Crippen LogP contribution in [0.5, 0.6) is 11.5 Å². The molecule has 0 unspecified atom stereocenters. The molecule has 2 aromatic carbocycles. The van der Waals surface area contributed by atoms with Crippen LogP contribution in [0, 0.1) is 5.82 Å². The monoisotopic (exact) mass is 467 g/mol. The van der Waals surface area contributed by atoms with Gasteiger partial charge in [0.2, 0.25) is 0 Å². The van der Waals surface area contributed by atoms with Crippen molar-refractivity contribution in [3.8, 4) is 22.8 Å². The molecule has 1 fully saturated rings. The van der Waals surface area contributed by atoms with Gasteiger partial charge in [0, 0.05) is 26.1 Å². The Hall–Kier alpha value is -3.68. The summed E-state index contributed by atoms with van der Waals surface area (Å²) in [6.07, 6.45) is 6.54. The highest BCUT2D eigenvalue weighted by Crippen LogP contribution is 2.31. The highest BCUT2D eigenvalue weighted by molar-refractivity contribution is 5.73. The van der Waals surface area contributed by atoms with Crippen molar-refractivity contribution in [3.05, 3.63) is 65.7 Å². The van der Waals surface area contributed by atoms with Crippen molar-refractivity contribution in [2.45, 2.75) is 38.7 Å². The second kappa shape index (κ2) is 12.0. The zero-order valence-corrected chi connectivity index (χ0v) is 19.8. The second-order valence-electron chi connectivity index (χ2n) is 8.16. The van der Waals surface area contributed by atoms with Crippen LogP contribution in [0.15, 0.2) is 48.7 Å². The van der Waals surface area contributed by atoms with Gasteiger partial charge >= 0.3 is 5.97 Å². The minimum atomic E-state index is -0.842.